The van der Waals surface area contributed by atoms with Gasteiger partial charge in [-0.25, -0.2) is 0 Å². The number of hydrogen-bond donors (Lipinski definition) is 6. The van der Waals surface area contributed by atoms with E-state index in [-0.39, 0.29) is 43.4 Å². The smallest absolute Gasteiger partial charge is 0.256 e. The second-order valence-corrected chi connectivity index (χ2v) is 21.6. The number of amides is 4. The maximum atomic E-state index is 15.7. The molecule has 2 aromatic heterocycles. The van der Waals surface area contributed by atoms with Crippen LogP contribution < -0.4 is 41.4 Å². The summed E-state index contributed by atoms with van der Waals surface area (Å²) in [6.45, 7) is 16.7. The Bertz CT molecular complexity index is 2700. The van der Waals surface area contributed by atoms with E-state index in [2.05, 4.69) is 55.7 Å². The number of rotatable bonds is 26. The fraction of sp³-hybridized carbons (Fsp3) is 0.377. The fourth-order valence-corrected chi connectivity index (χ4v) is 8.32. The highest BCUT2D eigenvalue weighted by Crippen LogP contribution is 2.21. The molecule has 4 aromatic carbocycles. The third kappa shape index (κ3) is 19.4. The van der Waals surface area contributed by atoms with Crippen molar-refractivity contribution in [3.8, 4) is 11.5 Å². The molecule has 4 atom stereocenters. The van der Waals surface area contributed by atoms with E-state index >= 15 is 9.59 Å². The van der Waals surface area contributed by atoms with Crippen LogP contribution in [0.1, 0.15) is 95.2 Å². The molecule has 2 heterocycles. The Morgan fingerprint density at radius 2 is 0.893 bits per heavy atom. The molecular weight excluding hydrogens is 941 g/mol. The molecule has 396 valence electrons. The monoisotopic (exact) mass is 1020 g/mol. The van der Waals surface area contributed by atoms with Crippen LogP contribution in [0.2, 0.25) is 0 Å². The molecular formula is C61H76N8O6. The molecule has 6 N–H and O–H groups in total. The fourth-order valence-electron chi connectivity index (χ4n) is 8.32. The van der Waals surface area contributed by atoms with E-state index in [1.807, 2.05) is 175 Å². The minimum Gasteiger partial charge on any atom is -0.489 e. The summed E-state index contributed by atoms with van der Waals surface area (Å²) in [5, 5.41) is 19.5. The van der Waals surface area contributed by atoms with Gasteiger partial charge in [-0.3, -0.25) is 39.8 Å². The summed E-state index contributed by atoms with van der Waals surface area (Å²) >= 11 is 0. The van der Waals surface area contributed by atoms with Crippen molar-refractivity contribution in [1.29, 1.82) is 0 Å². The Labute approximate surface area is 443 Å². The number of pyridine rings is 2. The van der Waals surface area contributed by atoms with Gasteiger partial charge in [-0.05, 0) is 149 Å². The highest BCUT2D eigenvalue weighted by Gasteiger charge is 2.44. The molecule has 0 saturated heterocycles. The summed E-state index contributed by atoms with van der Waals surface area (Å²) in [6.07, 6.45) is 7.76. The number of benzene rings is 4. The maximum Gasteiger partial charge on any atom is 0.256 e. The molecule has 14 heteroatoms. The first kappa shape index (κ1) is 56.9. The zero-order valence-electron chi connectivity index (χ0n) is 44.8. The van der Waals surface area contributed by atoms with Gasteiger partial charge in [-0.15, -0.1) is 0 Å². The number of carbonyl (C=O) groups excluding carboxylic acids is 4. The van der Waals surface area contributed by atoms with E-state index in [4.69, 9.17) is 9.47 Å². The Balaban J connectivity index is 1.35. The third-order valence-corrected chi connectivity index (χ3v) is 12.2. The molecule has 75 heavy (non-hydrogen) atoms. The zero-order valence-corrected chi connectivity index (χ0v) is 44.8. The van der Waals surface area contributed by atoms with Gasteiger partial charge in [0.2, 0.25) is 17.7 Å². The molecule has 6 rings (SSSR count). The molecule has 0 aliphatic rings. The Kier molecular flexibility index (Phi) is 20.6. The average molecular weight is 1020 g/mol. The predicted octanol–water partition coefficient (Wildman–Crippen LogP) is 7.99. The highest BCUT2D eigenvalue weighted by atomic mass is 16.5. The van der Waals surface area contributed by atoms with Gasteiger partial charge in [-0.2, -0.15) is 0 Å². The number of ether oxygens (including phenoxy) is 2. The lowest BCUT2D eigenvalue weighted by Gasteiger charge is -2.39. The van der Waals surface area contributed by atoms with Crippen molar-refractivity contribution in [3.05, 3.63) is 192 Å². The van der Waals surface area contributed by atoms with E-state index in [1.54, 1.807) is 24.8 Å². The lowest BCUT2D eigenvalue weighted by atomic mass is 9.93. The van der Waals surface area contributed by atoms with Gasteiger partial charge >= 0.3 is 0 Å². The van der Waals surface area contributed by atoms with E-state index in [9.17, 15) is 9.59 Å². The molecule has 0 aliphatic heterocycles. The van der Waals surface area contributed by atoms with E-state index in [0.717, 1.165) is 33.4 Å². The zero-order chi connectivity index (χ0) is 53.9. The Morgan fingerprint density at radius 1 is 0.480 bits per heavy atom. The normalized spacial score (nSPS) is 13.6. The Morgan fingerprint density at radius 3 is 1.33 bits per heavy atom. The lowest BCUT2D eigenvalue weighted by Crippen LogP contribution is -2.73. The first-order valence-electron chi connectivity index (χ1n) is 25.9. The molecule has 4 amide bonds. The summed E-state index contributed by atoms with van der Waals surface area (Å²) in [5.41, 5.74) is 2.22. The standard InChI is InChI=1S/C61H76N8O6/c1-43(2)27-36-64-61(40-47-30-34-63-35-31-47,58(73)66-53(57(72)69-60(6,7)8)38-45-21-25-51(26-22-45)75-42-49-17-13-10-14-18-49)67-54(39-46-28-32-62-33-29-46)55(70)65-52(56(71)68-59(3,4)5)37-44-19-23-50(24-20-44)74-41-48-15-11-9-12-16-48/h9-26,28-35,43,52-54,64,67H,27,36-42H2,1-8H3,(H,65,70)(H,66,73)(H,68,71)(H,69,72)/t52-,53-,54-,61-/m0/s1. The van der Waals surface area contributed by atoms with Gasteiger partial charge in [0.25, 0.3) is 5.91 Å². The molecule has 6 aromatic rings. The van der Waals surface area contributed by atoms with Crippen LogP contribution in [0, 0.1) is 5.92 Å². The van der Waals surface area contributed by atoms with Gasteiger partial charge in [0.1, 0.15) is 36.8 Å². The largest absolute Gasteiger partial charge is 0.489 e. The van der Waals surface area contributed by atoms with Gasteiger partial charge in [-0.1, -0.05) is 98.8 Å². The summed E-state index contributed by atoms with van der Waals surface area (Å²) < 4.78 is 12.1. The quantitative estimate of drug-likeness (QED) is 0.0291. The van der Waals surface area contributed by atoms with Crippen LogP contribution in [-0.2, 0) is 58.1 Å². The van der Waals surface area contributed by atoms with Crippen molar-refractivity contribution in [2.45, 2.75) is 136 Å². The van der Waals surface area contributed by atoms with Crippen LogP contribution >= 0.6 is 0 Å². The van der Waals surface area contributed by atoms with Crippen molar-refractivity contribution in [3.63, 3.8) is 0 Å². The molecule has 0 unspecified atom stereocenters. The third-order valence-electron chi connectivity index (χ3n) is 12.2. The lowest BCUT2D eigenvalue weighted by molar-refractivity contribution is -0.136. The van der Waals surface area contributed by atoms with Crippen LogP contribution in [0.5, 0.6) is 11.5 Å². The van der Waals surface area contributed by atoms with Crippen molar-refractivity contribution in [2.24, 2.45) is 5.92 Å². The van der Waals surface area contributed by atoms with E-state index in [1.165, 1.54) is 0 Å². The number of hydrogen-bond acceptors (Lipinski definition) is 10. The van der Waals surface area contributed by atoms with Crippen molar-refractivity contribution in [1.82, 2.24) is 41.9 Å². The molecule has 0 aliphatic carbocycles. The molecule has 0 fully saturated rings. The van der Waals surface area contributed by atoms with Crippen molar-refractivity contribution < 1.29 is 28.7 Å². The van der Waals surface area contributed by atoms with Gasteiger partial charge in [0.05, 0.1) is 6.04 Å². The number of carbonyl (C=O) groups is 4. The second kappa shape index (κ2) is 27.2. The summed E-state index contributed by atoms with van der Waals surface area (Å²) in [4.78, 5) is 68.2. The minimum absolute atomic E-state index is 0.0489. The topological polar surface area (TPSA) is 185 Å². The highest BCUT2D eigenvalue weighted by molar-refractivity contribution is 5.94. The van der Waals surface area contributed by atoms with Crippen molar-refractivity contribution in [2.75, 3.05) is 6.54 Å². The van der Waals surface area contributed by atoms with Crippen LogP contribution in [0.3, 0.4) is 0 Å². The van der Waals surface area contributed by atoms with Gasteiger partial charge in [0.15, 0.2) is 5.66 Å². The van der Waals surface area contributed by atoms with Crippen LogP contribution in [-0.4, -0.2) is 75.0 Å². The Hall–Kier alpha value is -7.42. The van der Waals surface area contributed by atoms with Crippen molar-refractivity contribution >= 4 is 23.6 Å². The van der Waals surface area contributed by atoms with E-state index < -0.39 is 46.7 Å². The first-order chi connectivity index (χ1) is 35.8. The predicted molar refractivity (Wildman–Crippen MR) is 294 cm³/mol. The second-order valence-electron chi connectivity index (χ2n) is 21.6. The molecule has 0 bridgehead atoms. The SMILES string of the molecule is CC(C)CCN[C@@](Cc1ccncc1)(N[C@@H](Cc1ccncc1)C(=O)N[C@@H](Cc1ccc(OCc2ccccc2)cc1)C(=O)NC(C)(C)C)C(=O)N[C@@H](Cc1ccc(OCc2ccccc2)cc1)C(=O)NC(C)(C)C. The van der Waals surface area contributed by atoms with Gasteiger partial charge in [0, 0.05) is 55.1 Å². The first-order valence-corrected chi connectivity index (χ1v) is 25.9. The molecule has 0 radical (unpaired) electrons. The average Bonchev–Trinajstić information content (AvgIpc) is 3.37. The van der Waals surface area contributed by atoms with Crippen LogP contribution in [0.15, 0.2) is 158 Å². The van der Waals surface area contributed by atoms with Gasteiger partial charge < -0.3 is 30.7 Å². The summed E-state index contributed by atoms with van der Waals surface area (Å²) in [5.74, 6) is -0.237. The molecule has 14 nitrogen and oxygen atoms in total. The number of aromatic nitrogens is 2. The van der Waals surface area contributed by atoms with Crippen LogP contribution in [0.4, 0.5) is 0 Å². The molecule has 0 spiro atoms. The number of nitrogens with one attached hydrogen (secondary N) is 6. The maximum absolute atomic E-state index is 15.7. The summed E-state index contributed by atoms with van der Waals surface area (Å²) in [7, 11) is 0. The van der Waals surface area contributed by atoms with Crippen LogP contribution in [0.25, 0.3) is 0 Å². The summed E-state index contributed by atoms with van der Waals surface area (Å²) in [6, 6.07) is 38.8. The van der Waals surface area contributed by atoms with E-state index in [0.29, 0.717) is 37.7 Å². The molecule has 0 saturated carbocycles. The number of nitrogens with zero attached hydrogens (tertiary/aromatic N) is 2. The minimum atomic E-state index is -1.71.